The standard InChI is InChI=1S/C7H11NO4/c1-7(2,8(11)12)6(5-10)3-4-9/h4-6H,3H2,1-2H3. The molecule has 0 amide bonds. The second kappa shape index (κ2) is 3.94. The van der Waals surface area contributed by atoms with Crippen molar-refractivity contribution in [3.63, 3.8) is 0 Å². The number of rotatable bonds is 5. The van der Waals surface area contributed by atoms with Crippen LogP contribution in [0.15, 0.2) is 0 Å². The Morgan fingerprint density at radius 1 is 1.50 bits per heavy atom. The topological polar surface area (TPSA) is 77.3 Å². The van der Waals surface area contributed by atoms with E-state index in [2.05, 4.69) is 0 Å². The van der Waals surface area contributed by atoms with Crippen molar-refractivity contribution in [1.82, 2.24) is 0 Å². The molecule has 1 atom stereocenters. The minimum absolute atomic E-state index is 0.0997. The minimum atomic E-state index is -1.36. The molecule has 0 aromatic carbocycles. The molecule has 1 unspecified atom stereocenters. The molecule has 0 saturated carbocycles. The van der Waals surface area contributed by atoms with E-state index >= 15 is 0 Å². The van der Waals surface area contributed by atoms with Gasteiger partial charge in [0.15, 0.2) is 0 Å². The Morgan fingerprint density at radius 2 is 2.00 bits per heavy atom. The molecular formula is C7H11NO4. The maximum Gasteiger partial charge on any atom is 0.226 e. The van der Waals surface area contributed by atoms with E-state index in [1.165, 1.54) is 13.8 Å². The summed E-state index contributed by atoms with van der Waals surface area (Å²) < 4.78 is 0. The maximum absolute atomic E-state index is 10.4. The first-order valence-electron chi connectivity index (χ1n) is 3.50. The smallest absolute Gasteiger partial charge is 0.226 e. The molecule has 5 nitrogen and oxygen atoms in total. The van der Waals surface area contributed by atoms with E-state index in [4.69, 9.17) is 0 Å². The molecule has 12 heavy (non-hydrogen) atoms. The van der Waals surface area contributed by atoms with Crippen LogP contribution in [0, 0.1) is 16.0 Å². The molecule has 0 spiro atoms. The quantitative estimate of drug-likeness (QED) is 0.343. The summed E-state index contributed by atoms with van der Waals surface area (Å²) in [5.74, 6) is -0.843. The van der Waals surface area contributed by atoms with Gasteiger partial charge in [-0.1, -0.05) is 0 Å². The molecule has 0 radical (unpaired) electrons. The summed E-state index contributed by atoms with van der Waals surface area (Å²) in [4.78, 5) is 30.3. The molecule has 0 rings (SSSR count). The van der Waals surface area contributed by atoms with Crippen LogP contribution in [0.25, 0.3) is 0 Å². The van der Waals surface area contributed by atoms with E-state index in [9.17, 15) is 19.7 Å². The van der Waals surface area contributed by atoms with Gasteiger partial charge in [0.1, 0.15) is 12.6 Å². The SMILES string of the molecule is CC(C)(C(C=O)CC=O)[N+](=O)[O-]. The zero-order chi connectivity index (χ0) is 9.78. The first-order chi connectivity index (χ1) is 5.46. The Kier molecular flexibility index (Phi) is 3.53. The Bertz CT molecular complexity index is 200. The number of nitro groups is 1. The van der Waals surface area contributed by atoms with Gasteiger partial charge in [-0.25, -0.2) is 0 Å². The fraction of sp³-hybridized carbons (Fsp3) is 0.714. The monoisotopic (exact) mass is 173 g/mol. The Balaban J connectivity index is 4.57. The maximum atomic E-state index is 10.4. The van der Waals surface area contributed by atoms with Crippen LogP contribution < -0.4 is 0 Å². The molecule has 0 aliphatic carbocycles. The van der Waals surface area contributed by atoms with Crippen LogP contribution in [-0.2, 0) is 9.59 Å². The molecule has 0 aliphatic heterocycles. The molecule has 0 heterocycles. The van der Waals surface area contributed by atoms with Gasteiger partial charge in [-0.05, 0) is 0 Å². The van der Waals surface area contributed by atoms with E-state index in [0.29, 0.717) is 12.6 Å². The lowest BCUT2D eigenvalue weighted by atomic mass is 9.87. The van der Waals surface area contributed by atoms with Crippen LogP contribution in [0.5, 0.6) is 0 Å². The van der Waals surface area contributed by atoms with Gasteiger partial charge in [-0.15, -0.1) is 0 Å². The highest BCUT2D eigenvalue weighted by molar-refractivity contribution is 5.63. The van der Waals surface area contributed by atoms with Crippen LogP contribution in [0.4, 0.5) is 0 Å². The van der Waals surface area contributed by atoms with Crippen molar-refractivity contribution >= 4 is 12.6 Å². The number of carbonyl (C=O) groups excluding carboxylic acids is 2. The minimum Gasteiger partial charge on any atom is -0.303 e. The fourth-order valence-corrected chi connectivity index (χ4v) is 0.750. The molecule has 0 aliphatic rings. The van der Waals surface area contributed by atoms with Gasteiger partial charge in [0.2, 0.25) is 5.54 Å². The summed E-state index contributed by atoms with van der Waals surface area (Å²) in [6.07, 6.45) is 0.874. The Hall–Kier alpha value is -1.26. The van der Waals surface area contributed by atoms with E-state index in [-0.39, 0.29) is 6.42 Å². The van der Waals surface area contributed by atoms with Crippen LogP contribution >= 0.6 is 0 Å². The van der Waals surface area contributed by atoms with Gasteiger partial charge in [-0.3, -0.25) is 10.1 Å². The largest absolute Gasteiger partial charge is 0.303 e. The number of carbonyl (C=O) groups is 2. The molecule has 0 bridgehead atoms. The third-order valence-electron chi connectivity index (χ3n) is 1.89. The van der Waals surface area contributed by atoms with E-state index in [0.717, 1.165) is 0 Å². The first kappa shape index (κ1) is 10.7. The molecule has 0 fully saturated rings. The van der Waals surface area contributed by atoms with Crippen LogP contribution in [0.3, 0.4) is 0 Å². The van der Waals surface area contributed by atoms with Gasteiger partial charge < -0.3 is 9.59 Å². The highest BCUT2D eigenvalue weighted by atomic mass is 16.6. The number of aldehydes is 2. The average Bonchev–Trinajstić information content (AvgIpc) is 1.99. The lowest BCUT2D eigenvalue weighted by molar-refractivity contribution is -0.567. The van der Waals surface area contributed by atoms with Gasteiger partial charge in [-0.2, -0.15) is 0 Å². The van der Waals surface area contributed by atoms with E-state index in [1.807, 2.05) is 0 Å². The summed E-state index contributed by atoms with van der Waals surface area (Å²) in [6.45, 7) is 2.66. The second-order valence-electron chi connectivity index (χ2n) is 3.06. The Labute approximate surface area is 69.9 Å². The average molecular weight is 173 g/mol. The number of nitrogens with zero attached hydrogens (tertiary/aromatic N) is 1. The second-order valence-corrected chi connectivity index (χ2v) is 3.06. The van der Waals surface area contributed by atoms with Gasteiger partial charge >= 0.3 is 0 Å². The van der Waals surface area contributed by atoms with Gasteiger partial charge in [0.25, 0.3) is 0 Å². The molecule has 0 N–H and O–H groups in total. The van der Waals surface area contributed by atoms with Crippen molar-refractivity contribution in [2.75, 3.05) is 0 Å². The van der Waals surface area contributed by atoms with E-state index < -0.39 is 16.4 Å². The zero-order valence-corrected chi connectivity index (χ0v) is 7.02. The van der Waals surface area contributed by atoms with Crippen molar-refractivity contribution in [2.24, 2.45) is 5.92 Å². The molecule has 5 heteroatoms. The highest BCUT2D eigenvalue weighted by Crippen LogP contribution is 2.20. The molecule has 0 aromatic heterocycles. The summed E-state index contributed by atoms with van der Waals surface area (Å²) in [5, 5.41) is 10.4. The molecule has 0 saturated heterocycles. The van der Waals surface area contributed by atoms with Crippen molar-refractivity contribution in [3.8, 4) is 0 Å². The van der Waals surface area contributed by atoms with Crippen molar-refractivity contribution in [2.45, 2.75) is 25.8 Å². The highest BCUT2D eigenvalue weighted by Gasteiger charge is 2.40. The van der Waals surface area contributed by atoms with Gasteiger partial charge in [0.05, 0.1) is 5.92 Å². The Morgan fingerprint density at radius 3 is 2.25 bits per heavy atom. The first-order valence-corrected chi connectivity index (χ1v) is 3.50. The summed E-state index contributed by atoms with van der Waals surface area (Å²) in [6, 6.07) is 0. The van der Waals surface area contributed by atoms with Gasteiger partial charge in [0, 0.05) is 25.2 Å². The van der Waals surface area contributed by atoms with E-state index in [1.54, 1.807) is 0 Å². The summed E-state index contributed by atoms with van der Waals surface area (Å²) >= 11 is 0. The number of hydrogen-bond donors (Lipinski definition) is 0. The molecular weight excluding hydrogens is 162 g/mol. The molecule has 0 aromatic rings. The normalized spacial score (nSPS) is 13.5. The fourth-order valence-electron chi connectivity index (χ4n) is 0.750. The molecule has 68 valence electrons. The predicted octanol–water partition coefficient (Wildman–Crippen LogP) is 0.446. The summed E-state index contributed by atoms with van der Waals surface area (Å²) in [5.41, 5.74) is -1.36. The summed E-state index contributed by atoms with van der Waals surface area (Å²) in [7, 11) is 0. The third kappa shape index (κ3) is 2.11. The van der Waals surface area contributed by atoms with Crippen LogP contribution in [0.2, 0.25) is 0 Å². The van der Waals surface area contributed by atoms with Crippen molar-refractivity contribution < 1.29 is 14.5 Å². The van der Waals surface area contributed by atoms with Crippen molar-refractivity contribution in [3.05, 3.63) is 10.1 Å². The lowest BCUT2D eigenvalue weighted by Crippen LogP contribution is -2.40. The lowest BCUT2D eigenvalue weighted by Gasteiger charge is -2.19. The predicted molar refractivity (Wildman–Crippen MR) is 41.3 cm³/mol. The van der Waals surface area contributed by atoms with Crippen molar-refractivity contribution in [1.29, 1.82) is 0 Å². The zero-order valence-electron chi connectivity index (χ0n) is 7.02. The number of hydrogen-bond acceptors (Lipinski definition) is 4. The van der Waals surface area contributed by atoms with Crippen LogP contribution in [-0.4, -0.2) is 23.0 Å². The third-order valence-corrected chi connectivity index (χ3v) is 1.89. The van der Waals surface area contributed by atoms with Crippen LogP contribution in [0.1, 0.15) is 20.3 Å².